The number of nitrogens with zero attached hydrogens (tertiary/aromatic N) is 4. The number of hydrogen-bond donors (Lipinski definition) is 4. The van der Waals surface area contributed by atoms with E-state index in [-0.39, 0.29) is 11.6 Å². The van der Waals surface area contributed by atoms with E-state index in [0.29, 0.717) is 35.5 Å². The molecule has 3 aromatic carbocycles. The Kier molecular flexibility index (Phi) is 6.90. The Bertz CT molecular complexity index is 1690. The molecule has 0 saturated carbocycles. The standard InChI is InChI=1S/C26H25FN8O2S/c1-35-23-11-4-18(14-22(23)33-26(35)32-21-9-5-19(27)6-10-21)15-30-24-12-13-29-25(34-24)31-20-7-2-17(3-8-20)16-38(28,36)37/h2-14H,15-16H2,1H3,(H,32,33)(H2,28,36,37)(H2,29,30,31,34). The number of benzene rings is 3. The summed E-state index contributed by atoms with van der Waals surface area (Å²) < 4.78 is 37.7. The van der Waals surface area contributed by atoms with Crippen molar-refractivity contribution < 1.29 is 12.8 Å². The minimum Gasteiger partial charge on any atom is -0.366 e. The average Bonchev–Trinajstić information content (AvgIpc) is 3.19. The Morgan fingerprint density at radius 2 is 1.58 bits per heavy atom. The van der Waals surface area contributed by atoms with Crippen LogP contribution in [-0.2, 0) is 29.4 Å². The normalized spacial score (nSPS) is 11.4. The number of primary sulfonamides is 1. The number of aryl methyl sites for hydroxylation is 1. The fourth-order valence-electron chi connectivity index (χ4n) is 3.89. The molecule has 0 saturated heterocycles. The molecule has 38 heavy (non-hydrogen) atoms. The number of aromatic nitrogens is 4. The van der Waals surface area contributed by atoms with Crippen molar-refractivity contribution in [3.8, 4) is 0 Å². The molecular weight excluding hydrogens is 507 g/mol. The molecule has 0 aliphatic rings. The average molecular weight is 533 g/mol. The Balaban J connectivity index is 1.24. The highest BCUT2D eigenvalue weighted by molar-refractivity contribution is 7.88. The first-order chi connectivity index (χ1) is 18.2. The Morgan fingerprint density at radius 3 is 2.32 bits per heavy atom. The van der Waals surface area contributed by atoms with Crippen molar-refractivity contribution >= 4 is 50.1 Å². The fourth-order valence-corrected chi connectivity index (χ4v) is 4.54. The van der Waals surface area contributed by atoms with Gasteiger partial charge in [-0.2, -0.15) is 4.98 Å². The highest BCUT2D eigenvalue weighted by Crippen LogP contribution is 2.23. The molecule has 2 aromatic heterocycles. The van der Waals surface area contributed by atoms with Crippen molar-refractivity contribution in [2.75, 3.05) is 16.0 Å². The number of imidazole rings is 1. The van der Waals surface area contributed by atoms with Gasteiger partial charge in [0.15, 0.2) is 0 Å². The van der Waals surface area contributed by atoms with Crippen LogP contribution in [-0.4, -0.2) is 27.9 Å². The highest BCUT2D eigenvalue weighted by Gasteiger charge is 2.10. The summed E-state index contributed by atoms with van der Waals surface area (Å²) in [6.45, 7) is 0.520. The first-order valence-electron chi connectivity index (χ1n) is 11.6. The first kappa shape index (κ1) is 25.1. The second kappa shape index (κ2) is 10.4. The van der Waals surface area contributed by atoms with Crippen LogP contribution in [0.1, 0.15) is 11.1 Å². The van der Waals surface area contributed by atoms with Gasteiger partial charge in [0.2, 0.25) is 21.9 Å². The second-order valence-electron chi connectivity index (χ2n) is 8.70. The molecule has 0 aliphatic heterocycles. The van der Waals surface area contributed by atoms with Gasteiger partial charge >= 0.3 is 0 Å². The van der Waals surface area contributed by atoms with Crippen LogP contribution in [0.15, 0.2) is 79.0 Å². The molecule has 0 spiro atoms. The van der Waals surface area contributed by atoms with E-state index in [1.54, 1.807) is 48.7 Å². The maximum absolute atomic E-state index is 13.2. The van der Waals surface area contributed by atoms with Gasteiger partial charge in [-0.25, -0.2) is 27.9 Å². The summed E-state index contributed by atoms with van der Waals surface area (Å²) in [4.78, 5) is 13.4. The number of fused-ring (bicyclic) bond motifs is 1. The van der Waals surface area contributed by atoms with Crippen molar-refractivity contribution in [3.63, 3.8) is 0 Å². The van der Waals surface area contributed by atoms with Gasteiger partial charge in [0, 0.05) is 31.2 Å². The maximum atomic E-state index is 13.2. The molecule has 0 bridgehead atoms. The van der Waals surface area contributed by atoms with Crippen molar-refractivity contribution in [3.05, 3.63) is 95.9 Å². The van der Waals surface area contributed by atoms with Gasteiger partial charge in [-0.05, 0) is 65.7 Å². The third-order valence-electron chi connectivity index (χ3n) is 5.75. The molecule has 12 heteroatoms. The summed E-state index contributed by atoms with van der Waals surface area (Å²) in [5, 5.41) is 14.7. The van der Waals surface area contributed by atoms with Crippen LogP contribution < -0.4 is 21.1 Å². The zero-order valence-corrected chi connectivity index (χ0v) is 21.2. The van der Waals surface area contributed by atoms with Gasteiger partial charge < -0.3 is 20.5 Å². The van der Waals surface area contributed by atoms with Crippen molar-refractivity contribution in [1.82, 2.24) is 19.5 Å². The maximum Gasteiger partial charge on any atom is 0.229 e. The zero-order chi connectivity index (χ0) is 26.7. The van der Waals surface area contributed by atoms with Crippen LogP contribution in [0.4, 0.5) is 33.5 Å². The number of nitrogens with two attached hydrogens (primary N) is 1. The molecule has 0 radical (unpaired) electrons. The third kappa shape index (κ3) is 6.22. The first-order valence-corrected chi connectivity index (χ1v) is 13.3. The van der Waals surface area contributed by atoms with Gasteiger partial charge in [0.1, 0.15) is 11.6 Å². The lowest BCUT2D eigenvalue weighted by Gasteiger charge is -2.09. The van der Waals surface area contributed by atoms with E-state index in [1.165, 1.54) is 12.1 Å². The molecular formula is C26H25FN8O2S. The third-order valence-corrected chi connectivity index (χ3v) is 6.49. The summed E-state index contributed by atoms with van der Waals surface area (Å²) in [6.07, 6.45) is 1.64. The van der Waals surface area contributed by atoms with Gasteiger partial charge in [0.25, 0.3) is 0 Å². The summed E-state index contributed by atoms with van der Waals surface area (Å²) >= 11 is 0. The van der Waals surface area contributed by atoms with E-state index in [0.717, 1.165) is 22.3 Å². The molecule has 0 unspecified atom stereocenters. The van der Waals surface area contributed by atoms with Gasteiger partial charge in [-0.3, -0.25) is 0 Å². The Labute approximate surface area is 218 Å². The predicted molar refractivity (Wildman–Crippen MR) is 146 cm³/mol. The number of sulfonamides is 1. The molecule has 0 amide bonds. The van der Waals surface area contributed by atoms with Crippen LogP contribution in [0.2, 0.25) is 0 Å². The van der Waals surface area contributed by atoms with E-state index in [9.17, 15) is 12.8 Å². The van der Waals surface area contributed by atoms with Crippen LogP contribution >= 0.6 is 0 Å². The quantitative estimate of drug-likeness (QED) is 0.219. The second-order valence-corrected chi connectivity index (χ2v) is 10.3. The molecule has 0 atom stereocenters. The van der Waals surface area contributed by atoms with E-state index >= 15 is 0 Å². The topological polar surface area (TPSA) is 140 Å². The molecule has 5 rings (SSSR count). The minimum absolute atomic E-state index is 0.223. The number of hydrogen-bond acceptors (Lipinski definition) is 8. The lowest BCUT2D eigenvalue weighted by molar-refractivity contribution is 0.597. The molecule has 194 valence electrons. The van der Waals surface area contributed by atoms with E-state index in [2.05, 4.69) is 30.9 Å². The summed E-state index contributed by atoms with van der Waals surface area (Å²) in [6, 6.07) is 20.8. The molecule has 10 nitrogen and oxygen atoms in total. The minimum atomic E-state index is -3.58. The lowest BCUT2D eigenvalue weighted by atomic mass is 10.2. The predicted octanol–water partition coefficient (Wildman–Crippen LogP) is 4.39. The molecule has 5 aromatic rings. The molecule has 5 N–H and O–H groups in total. The Morgan fingerprint density at radius 1 is 0.895 bits per heavy atom. The van der Waals surface area contributed by atoms with Crippen molar-refractivity contribution in [1.29, 1.82) is 0 Å². The monoisotopic (exact) mass is 532 g/mol. The van der Waals surface area contributed by atoms with Crippen LogP contribution in [0.3, 0.4) is 0 Å². The number of anilines is 5. The van der Waals surface area contributed by atoms with Crippen LogP contribution in [0.25, 0.3) is 11.0 Å². The van der Waals surface area contributed by atoms with Gasteiger partial charge in [-0.15, -0.1) is 0 Å². The molecule has 0 aliphatic carbocycles. The lowest BCUT2D eigenvalue weighted by Crippen LogP contribution is -2.14. The SMILES string of the molecule is Cn1c(Nc2ccc(F)cc2)nc2cc(CNc3ccnc(Nc4ccc(CS(N)(=O)=O)cc4)n3)ccc21. The van der Waals surface area contributed by atoms with Gasteiger partial charge in [0.05, 0.1) is 16.8 Å². The van der Waals surface area contributed by atoms with Gasteiger partial charge in [-0.1, -0.05) is 18.2 Å². The number of halogens is 1. The van der Waals surface area contributed by atoms with E-state index < -0.39 is 10.0 Å². The summed E-state index contributed by atoms with van der Waals surface area (Å²) in [5.41, 5.74) is 4.86. The zero-order valence-electron chi connectivity index (χ0n) is 20.4. The Hall–Kier alpha value is -4.55. The van der Waals surface area contributed by atoms with E-state index in [4.69, 9.17) is 5.14 Å². The number of rotatable bonds is 9. The van der Waals surface area contributed by atoms with Crippen LogP contribution in [0, 0.1) is 5.82 Å². The smallest absolute Gasteiger partial charge is 0.229 e. The fraction of sp³-hybridized carbons (Fsp3) is 0.115. The molecule has 2 heterocycles. The van der Waals surface area contributed by atoms with E-state index in [1.807, 2.05) is 29.8 Å². The highest BCUT2D eigenvalue weighted by atomic mass is 32.2. The largest absolute Gasteiger partial charge is 0.366 e. The summed E-state index contributed by atoms with van der Waals surface area (Å²) in [5.74, 6) is 1.17. The van der Waals surface area contributed by atoms with Crippen LogP contribution in [0.5, 0.6) is 0 Å². The summed E-state index contributed by atoms with van der Waals surface area (Å²) in [7, 11) is -1.67. The van der Waals surface area contributed by atoms with Crippen molar-refractivity contribution in [2.24, 2.45) is 12.2 Å². The molecule has 0 fully saturated rings. The van der Waals surface area contributed by atoms with Crippen molar-refractivity contribution in [2.45, 2.75) is 12.3 Å². The number of nitrogens with one attached hydrogen (secondary N) is 3.